The molecule has 5 heteroatoms. The molecule has 0 saturated carbocycles. The van der Waals surface area contributed by atoms with Gasteiger partial charge >= 0.3 is 0 Å². The van der Waals surface area contributed by atoms with Gasteiger partial charge in [0.05, 0.1) is 24.0 Å². The number of anilines is 1. The van der Waals surface area contributed by atoms with E-state index in [-0.39, 0.29) is 5.91 Å². The molecule has 1 atom stereocenters. The molecule has 1 amide bonds. The summed E-state index contributed by atoms with van der Waals surface area (Å²) in [5, 5.41) is 4.91. The highest BCUT2D eigenvalue weighted by molar-refractivity contribution is 8.00. The second kappa shape index (κ2) is 7.38. The number of thioether (sulfide) groups is 1. The number of nitrogens with zero attached hydrogens (tertiary/aromatic N) is 3. The van der Waals surface area contributed by atoms with Crippen molar-refractivity contribution >= 4 is 23.4 Å². The van der Waals surface area contributed by atoms with Gasteiger partial charge in [-0.2, -0.15) is 5.10 Å². The van der Waals surface area contributed by atoms with Gasteiger partial charge in [0.25, 0.3) is 0 Å². The van der Waals surface area contributed by atoms with Crippen LogP contribution in [0.25, 0.3) is 5.69 Å². The normalized spacial score (nSPS) is 16.8. The SMILES string of the molecule is CC1CCN(C(=O)Cc2cnn(-c3ccccc3)c2)c2ccccc2S1. The van der Waals surface area contributed by atoms with Crippen molar-refractivity contribution in [3.63, 3.8) is 0 Å². The summed E-state index contributed by atoms with van der Waals surface area (Å²) in [7, 11) is 0. The Morgan fingerprint density at radius 1 is 1.15 bits per heavy atom. The van der Waals surface area contributed by atoms with Crippen LogP contribution in [0.4, 0.5) is 5.69 Å². The average molecular weight is 363 g/mol. The fourth-order valence-electron chi connectivity index (χ4n) is 3.19. The maximum absolute atomic E-state index is 13.0. The van der Waals surface area contributed by atoms with E-state index in [1.54, 1.807) is 6.20 Å². The van der Waals surface area contributed by atoms with Gasteiger partial charge in [-0.3, -0.25) is 4.79 Å². The third-order valence-corrected chi connectivity index (χ3v) is 5.79. The largest absolute Gasteiger partial charge is 0.311 e. The lowest BCUT2D eigenvalue weighted by Gasteiger charge is -2.22. The van der Waals surface area contributed by atoms with Crippen LogP contribution in [0, 0.1) is 0 Å². The zero-order valence-electron chi connectivity index (χ0n) is 14.7. The van der Waals surface area contributed by atoms with Crippen molar-refractivity contribution < 1.29 is 4.79 Å². The molecular weight excluding hydrogens is 342 g/mol. The van der Waals surface area contributed by atoms with Crippen LogP contribution in [0.2, 0.25) is 0 Å². The third kappa shape index (κ3) is 3.53. The molecular formula is C21H21N3OS. The van der Waals surface area contributed by atoms with Crippen LogP contribution in [-0.2, 0) is 11.2 Å². The molecule has 4 nitrogen and oxygen atoms in total. The van der Waals surface area contributed by atoms with Gasteiger partial charge in [-0.1, -0.05) is 37.3 Å². The number of aromatic nitrogens is 2. The van der Waals surface area contributed by atoms with Gasteiger partial charge in [0.2, 0.25) is 5.91 Å². The molecule has 26 heavy (non-hydrogen) atoms. The molecule has 3 aromatic rings. The molecule has 2 heterocycles. The fraction of sp³-hybridized carbons (Fsp3) is 0.238. The highest BCUT2D eigenvalue weighted by Gasteiger charge is 2.24. The summed E-state index contributed by atoms with van der Waals surface area (Å²) in [6, 6.07) is 18.1. The van der Waals surface area contributed by atoms with E-state index in [9.17, 15) is 4.79 Å². The lowest BCUT2D eigenvalue weighted by atomic mass is 10.2. The van der Waals surface area contributed by atoms with Crippen molar-refractivity contribution in [3.8, 4) is 5.69 Å². The van der Waals surface area contributed by atoms with Gasteiger partial charge in [-0.05, 0) is 36.2 Å². The lowest BCUT2D eigenvalue weighted by Crippen LogP contribution is -2.33. The summed E-state index contributed by atoms with van der Waals surface area (Å²) in [5.74, 6) is 0.125. The number of amides is 1. The molecule has 0 N–H and O–H groups in total. The van der Waals surface area contributed by atoms with Crippen LogP contribution in [-0.4, -0.2) is 27.5 Å². The number of fused-ring (bicyclic) bond motifs is 1. The van der Waals surface area contributed by atoms with Crippen molar-refractivity contribution in [3.05, 3.63) is 72.6 Å². The van der Waals surface area contributed by atoms with E-state index < -0.39 is 0 Å². The second-order valence-corrected chi connectivity index (χ2v) is 8.02. The Morgan fingerprint density at radius 2 is 1.92 bits per heavy atom. The van der Waals surface area contributed by atoms with Crippen LogP contribution < -0.4 is 4.90 Å². The van der Waals surface area contributed by atoms with Gasteiger partial charge in [-0.15, -0.1) is 11.8 Å². The fourth-order valence-corrected chi connectivity index (χ4v) is 4.30. The monoisotopic (exact) mass is 363 g/mol. The quantitative estimate of drug-likeness (QED) is 0.695. The highest BCUT2D eigenvalue weighted by Crippen LogP contribution is 2.37. The number of rotatable bonds is 3. The Morgan fingerprint density at radius 3 is 2.77 bits per heavy atom. The minimum absolute atomic E-state index is 0.125. The summed E-state index contributed by atoms with van der Waals surface area (Å²) in [6.45, 7) is 2.98. The third-order valence-electron chi connectivity index (χ3n) is 4.56. The first-order valence-electron chi connectivity index (χ1n) is 8.86. The van der Waals surface area contributed by atoms with Gasteiger partial charge in [0.1, 0.15) is 0 Å². The molecule has 1 unspecified atom stereocenters. The molecule has 0 aliphatic carbocycles. The zero-order valence-corrected chi connectivity index (χ0v) is 15.5. The lowest BCUT2D eigenvalue weighted by molar-refractivity contribution is -0.118. The van der Waals surface area contributed by atoms with Crippen molar-refractivity contribution in [2.24, 2.45) is 0 Å². The molecule has 0 saturated heterocycles. The Balaban J connectivity index is 1.54. The predicted octanol–water partition coefficient (Wildman–Crippen LogP) is 4.33. The molecule has 0 radical (unpaired) electrons. The number of benzene rings is 2. The molecule has 1 aliphatic rings. The van der Waals surface area contributed by atoms with Gasteiger partial charge in [-0.25, -0.2) is 4.68 Å². The van der Waals surface area contributed by atoms with Gasteiger partial charge in [0, 0.05) is 22.9 Å². The van der Waals surface area contributed by atoms with E-state index in [1.807, 2.05) is 76.1 Å². The Hall–Kier alpha value is -2.53. The van der Waals surface area contributed by atoms with Gasteiger partial charge < -0.3 is 4.90 Å². The van der Waals surface area contributed by atoms with E-state index in [0.717, 1.165) is 29.9 Å². The first kappa shape index (κ1) is 16.9. The standard InChI is InChI=1S/C21H21N3OS/c1-16-11-12-23(19-9-5-6-10-20(19)26-16)21(25)13-17-14-22-24(15-17)18-7-3-2-4-8-18/h2-10,14-16H,11-13H2,1H3. The zero-order chi connectivity index (χ0) is 17.9. The van der Waals surface area contributed by atoms with E-state index in [4.69, 9.17) is 0 Å². The number of para-hydroxylation sites is 2. The Bertz CT molecular complexity index is 906. The molecule has 4 rings (SSSR count). The molecule has 0 fully saturated rings. The van der Waals surface area contributed by atoms with Crippen molar-refractivity contribution in [1.29, 1.82) is 0 Å². The molecule has 132 valence electrons. The second-order valence-electron chi connectivity index (χ2n) is 6.54. The van der Waals surface area contributed by atoms with E-state index in [1.165, 1.54) is 4.90 Å². The Labute approximate surface area is 157 Å². The summed E-state index contributed by atoms with van der Waals surface area (Å²) >= 11 is 1.85. The number of hydrogen-bond donors (Lipinski definition) is 0. The first-order chi connectivity index (χ1) is 12.7. The van der Waals surface area contributed by atoms with E-state index >= 15 is 0 Å². The van der Waals surface area contributed by atoms with Crippen LogP contribution in [0.3, 0.4) is 0 Å². The van der Waals surface area contributed by atoms with Crippen molar-refractivity contribution in [1.82, 2.24) is 9.78 Å². The van der Waals surface area contributed by atoms with Crippen molar-refractivity contribution in [2.45, 2.75) is 29.9 Å². The summed E-state index contributed by atoms with van der Waals surface area (Å²) in [4.78, 5) is 16.1. The van der Waals surface area contributed by atoms with Crippen LogP contribution in [0.1, 0.15) is 18.9 Å². The average Bonchev–Trinajstić information content (AvgIpc) is 3.05. The van der Waals surface area contributed by atoms with Crippen LogP contribution >= 0.6 is 11.8 Å². The number of carbonyl (C=O) groups is 1. The summed E-state index contributed by atoms with van der Waals surface area (Å²) in [5.41, 5.74) is 2.96. The smallest absolute Gasteiger partial charge is 0.231 e. The maximum atomic E-state index is 13.0. The minimum Gasteiger partial charge on any atom is -0.311 e. The molecule has 2 aromatic carbocycles. The highest BCUT2D eigenvalue weighted by atomic mass is 32.2. The number of hydrogen-bond acceptors (Lipinski definition) is 3. The first-order valence-corrected chi connectivity index (χ1v) is 9.74. The summed E-state index contributed by atoms with van der Waals surface area (Å²) < 4.78 is 1.82. The maximum Gasteiger partial charge on any atom is 0.231 e. The van der Waals surface area contributed by atoms with Crippen LogP contribution in [0.5, 0.6) is 0 Å². The number of carbonyl (C=O) groups excluding carboxylic acids is 1. The molecule has 1 aromatic heterocycles. The topological polar surface area (TPSA) is 38.1 Å². The molecule has 0 spiro atoms. The van der Waals surface area contributed by atoms with Gasteiger partial charge in [0.15, 0.2) is 0 Å². The predicted molar refractivity (Wildman–Crippen MR) is 106 cm³/mol. The molecule has 1 aliphatic heterocycles. The van der Waals surface area contributed by atoms with E-state index in [0.29, 0.717) is 11.7 Å². The van der Waals surface area contributed by atoms with Crippen molar-refractivity contribution in [2.75, 3.05) is 11.4 Å². The molecule has 0 bridgehead atoms. The summed E-state index contributed by atoms with van der Waals surface area (Å²) in [6.07, 6.45) is 5.08. The van der Waals surface area contributed by atoms with Crippen LogP contribution in [0.15, 0.2) is 71.9 Å². The van der Waals surface area contributed by atoms with E-state index in [2.05, 4.69) is 18.1 Å². The Kier molecular flexibility index (Phi) is 4.80. The minimum atomic E-state index is 0.125.